The van der Waals surface area contributed by atoms with Crippen LogP contribution in [0.3, 0.4) is 0 Å². The lowest BCUT2D eigenvalue weighted by Gasteiger charge is -2.42. The number of halogens is 3. The molecule has 0 amide bonds. The summed E-state index contributed by atoms with van der Waals surface area (Å²) < 4.78 is 65.4. The molecule has 2 aromatic carbocycles. The standard InChI is InChI=1S/C20H23F3N2O3S/c1-19(2,26)15-6-4-5-14(18(15)21)12-7-8-16-17(9-12)24(3)29(27,28)25(16)11-13-10-20(13,22)23/h4-9,13,26-28H,10-11H2,1-3H3. The van der Waals surface area contributed by atoms with Crippen molar-refractivity contribution in [3.63, 3.8) is 0 Å². The van der Waals surface area contributed by atoms with Crippen LogP contribution in [0.1, 0.15) is 25.8 Å². The molecule has 29 heavy (non-hydrogen) atoms. The Labute approximate surface area is 169 Å². The largest absolute Gasteiger partial charge is 0.386 e. The van der Waals surface area contributed by atoms with Gasteiger partial charge in [0.25, 0.3) is 5.92 Å². The van der Waals surface area contributed by atoms with Crippen molar-refractivity contribution >= 4 is 22.3 Å². The van der Waals surface area contributed by atoms with Crippen LogP contribution in [0.2, 0.25) is 0 Å². The fraction of sp³-hybridized carbons (Fsp3) is 0.400. The lowest BCUT2D eigenvalue weighted by Crippen LogP contribution is -2.33. The number of alkyl halides is 2. The van der Waals surface area contributed by atoms with Gasteiger partial charge in [-0.1, -0.05) is 24.3 Å². The van der Waals surface area contributed by atoms with Crippen molar-refractivity contribution in [3.8, 4) is 11.1 Å². The second-order valence-electron chi connectivity index (χ2n) is 8.14. The summed E-state index contributed by atoms with van der Waals surface area (Å²) in [4.78, 5) is 0. The monoisotopic (exact) mass is 428 g/mol. The average molecular weight is 428 g/mol. The zero-order valence-electron chi connectivity index (χ0n) is 16.2. The number of anilines is 2. The summed E-state index contributed by atoms with van der Waals surface area (Å²) in [5.74, 6) is -4.27. The summed E-state index contributed by atoms with van der Waals surface area (Å²) in [5.41, 5.74) is 0.343. The third-order valence-corrected chi connectivity index (χ3v) is 7.43. The molecule has 1 saturated carbocycles. The Balaban J connectivity index is 1.75. The Kier molecular flexibility index (Phi) is 4.40. The molecular formula is C20H23F3N2O3S. The minimum Gasteiger partial charge on any atom is -0.386 e. The van der Waals surface area contributed by atoms with Gasteiger partial charge in [-0.25, -0.2) is 13.2 Å². The van der Waals surface area contributed by atoms with Crippen molar-refractivity contribution in [1.29, 1.82) is 0 Å². The summed E-state index contributed by atoms with van der Waals surface area (Å²) in [6, 6.07) is 9.50. The summed E-state index contributed by atoms with van der Waals surface area (Å²) in [7, 11) is -2.01. The highest BCUT2D eigenvalue weighted by molar-refractivity contribution is 8.26. The maximum Gasteiger partial charge on any atom is 0.253 e. The van der Waals surface area contributed by atoms with Crippen LogP contribution < -0.4 is 8.61 Å². The van der Waals surface area contributed by atoms with Gasteiger partial charge in [0.15, 0.2) is 0 Å². The number of nitrogens with zero attached hydrogens (tertiary/aromatic N) is 2. The third kappa shape index (κ3) is 3.26. The van der Waals surface area contributed by atoms with Gasteiger partial charge >= 0.3 is 0 Å². The zero-order valence-corrected chi connectivity index (χ0v) is 17.1. The van der Waals surface area contributed by atoms with Crippen molar-refractivity contribution in [2.45, 2.75) is 31.8 Å². The molecule has 3 N–H and O–H groups in total. The van der Waals surface area contributed by atoms with E-state index < -0.39 is 34.2 Å². The Morgan fingerprint density at radius 3 is 2.41 bits per heavy atom. The van der Waals surface area contributed by atoms with E-state index >= 15 is 4.39 Å². The van der Waals surface area contributed by atoms with Crippen LogP contribution in [0.5, 0.6) is 0 Å². The average Bonchev–Trinajstić information content (AvgIpc) is 3.18. The van der Waals surface area contributed by atoms with Gasteiger partial charge in [-0.3, -0.25) is 17.7 Å². The molecule has 0 aromatic heterocycles. The molecule has 2 aliphatic rings. The van der Waals surface area contributed by atoms with Crippen molar-refractivity contribution in [2.24, 2.45) is 5.92 Å². The zero-order chi connectivity index (χ0) is 21.4. The fourth-order valence-electron chi connectivity index (χ4n) is 3.66. The molecule has 1 unspecified atom stereocenters. The second kappa shape index (κ2) is 6.28. The highest BCUT2D eigenvalue weighted by atomic mass is 32.3. The molecule has 5 nitrogen and oxygen atoms in total. The quantitative estimate of drug-likeness (QED) is 0.624. The Hall–Kier alpha value is -1.94. The van der Waals surface area contributed by atoms with E-state index in [0.717, 1.165) is 0 Å². The maximum atomic E-state index is 15.0. The van der Waals surface area contributed by atoms with Crippen molar-refractivity contribution in [1.82, 2.24) is 0 Å². The Bertz CT molecular complexity index is 978. The van der Waals surface area contributed by atoms with Gasteiger partial charge in [-0.05, 0) is 42.5 Å². The summed E-state index contributed by atoms with van der Waals surface area (Å²) in [6.45, 7) is 2.81. The molecule has 158 valence electrons. The number of hydrogen-bond donors (Lipinski definition) is 3. The van der Waals surface area contributed by atoms with Crippen LogP contribution in [-0.2, 0) is 5.60 Å². The van der Waals surface area contributed by atoms with E-state index in [1.165, 1.54) is 35.6 Å². The molecular weight excluding hydrogens is 405 g/mol. The van der Waals surface area contributed by atoms with E-state index in [4.69, 9.17) is 0 Å². The first-order valence-corrected chi connectivity index (χ1v) is 10.6. The van der Waals surface area contributed by atoms with Gasteiger partial charge in [0, 0.05) is 37.1 Å². The molecule has 0 radical (unpaired) electrons. The van der Waals surface area contributed by atoms with E-state index in [-0.39, 0.29) is 24.1 Å². The van der Waals surface area contributed by atoms with Crippen LogP contribution >= 0.6 is 11.0 Å². The normalized spacial score (nSPS) is 23.1. The van der Waals surface area contributed by atoms with E-state index in [9.17, 15) is 23.0 Å². The van der Waals surface area contributed by atoms with Crippen LogP contribution in [0, 0.1) is 11.7 Å². The van der Waals surface area contributed by atoms with Gasteiger partial charge in [0.2, 0.25) is 0 Å². The van der Waals surface area contributed by atoms with Gasteiger partial charge in [0.05, 0.1) is 17.0 Å². The summed E-state index contributed by atoms with van der Waals surface area (Å²) in [6.07, 6.45) is -0.273. The van der Waals surface area contributed by atoms with E-state index in [1.54, 1.807) is 30.3 Å². The summed E-state index contributed by atoms with van der Waals surface area (Å²) in [5, 5.41) is 10.2. The van der Waals surface area contributed by atoms with Crippen molar-refractivity contribution in [3.05, 3.63) is 47.8 Å². The number of hydrogen-bond acceptors (Lipinski definition) is 5. The minimum atomic E-state index is -3.47. The molecule has 1 aliphatic heterocycles. The van der Waals surface area contributed by atoms with Gasteiger partial charge in [-0.15, -0.1) is 0 Å². The molecule has 1 heterocycles. The Morgan fingerprint density at radius 2 is 1.83 bits per heavy atom. The molecule has 9 heteroatoms. The van der Waals surface area contributed by atoms with E-state index in [0.29, 0.717) is 16.9 Å². The number of aliphatic hydroxyl groups is 1. The highest BCUT2D eigenvalue weighted by Crippen LogP contribution is 2.63. The predicted molar refractivity (Wildman–Crippen MR) is 109 cm³/mol. The molecule has 2 aromatic rings. The number of benzene rings is 2. The Morgan fingerprint density at radius 1 is 1.17 bits per heavy atom. The number of fused-ring (bicyclic) bond motifs is 1. The van der Waals surface area contributed by atoms with Gasteiger partial charge in [-0.2, -0.15) is 0 Å². The lowest BCUT2D eigenvalue weighted by molar-refractivity contribution is 0.0746. The molecule has 0 bridgehead atoms. The van der Waals surface area contributed by atoms with Crippen LogP contribution in [0.15, 0.2) is 36.4 Å². The first-order valence-electron chi connectivity index (χ1n) is 9.17. The van der Waals surface area contributed by atoms with Gasteiger partial charge < -0.3 is 5.11 Å². The lowest BCUT2D eigenvalue weighted by atomic mass is 9.93. The van der Waals surface area contributed by atoms with E-state index in [2.05, 4.69) is 0 Å². The smallest absolute Gasteiger partial charge is 0.253 e. The fourth-order valence-corrected chi connectivity index (χ4v) is 5.16. The first kappa shape index (κ1) is 20.3. The third-order valence-electron chi connectivity index (χ3n) is 5.56. The van der Waals surface area contributed by atoms with E-state index in [1.807, 2.05) is 0 Å². The van der Waals surface area contributed by atoms with Crippen LogP contribution in [0.4, 0.5) is 24.5 Å². The second-order valence-corrected chi connectivity index (χ2v) is 10.1. The SMILES string of the molecule is CN1c2cc(-c3cccc(C(C)(C)O)c3F)ccc2N(CC2CC2(F)F)S1(O)O. The van der Waals surface area contributed by atoms with Crippen molar-refractivity contribution < 1.29 is 27.4 Å². The number of rotatable bonds is 4. The maximum absolute atomic E-state index is 15.0. The first-order chi connectivity index (χ1) is 13.3. The molecule has 1 atom stereocenters. The van der Waals surface area contributed by atoms with Crippen LogP contribution in [-0.4, -0.2) is 33.7 Å². The summed E-state index contributed by atoms with van der Waals surface area (Å²) >= 11 is 0. The van der Waals surface area contributed by atoms with Crippen LogP contribution in [0.25, 0.3) is 11.1 Å². The minimum absolute atomic E-state index is 0.144. The molecule has 1 fully saturated rings. The van der Waals surface area contributed by atoms with Gasteiger partial charge in [0.1, 0.15) is 5.82 Å². The molecule has 0 spiro atoms. The highest BCUT2D eigenvalue weighted by Gasteiger charge is 2.59. The molecule has 4 rings (SSSR count). The predicted octanol–water partition coefficient (Wildman–Crippen LogP) is 5.21. The molecule has 1 aliphatic carbocycles. The topological polar surface area (TPSA) is 67.2 Å². The van der Waals surface area contributed by atoms with Crippen molar-refractivity contribution in [2.75, 3.05) is 22.2 Å². The molecule has 0 saturated heterocycles.